The van der Waals surface area contributed by atoms with Crippen molar-refractivity contribution >= 4 is 85.6 Å². The summed E-state index contributed by atoms with van der Waals surface area (Å²) in [6.07, 6.45) is -0.0950. The first kappa shape index (κ1) is 26.4. The molecular weight excluding hydrogens is 481 g/mol. The van der Waals surface area contributed by atoms with E-state index in [9.17, 15) is 19.5 Å². The van der Waals surface area contributed by atoms with Crippen LogP contribution in [-0.2, 0) is 11.3 Å². The summed E-state index contributed by atoms with van der Waals surface area (Å²) in [6.45, 7) is 0.0520. The Morgan fingerprint density at radius 1 is 0.941 bits per heavy atom. The van der Waals surface area contributed by atoms with Gasteiger partial charge in [0.25, 0.3) is 5.56 Å². The van der Waals surface area contributed by atoms with Crippen molar-refractivity contribution in [2.45, 2.75) is 19.4 Å². The van der Waals surface area contributed by atoms with E-state index in [0.717, 1.165) is 15.8 Å². The van der Waals surface area contributed by atoms with E-state index in [2.05, 4.69) is 10.3 Å². The average molecular weight is 502 g/mol. The number of carbonyl (C=O) groups is 2. The average Bonchev–Trinajstić information content (AvgIpc) is 2.83. The van der Waals surface area contributed by atoms with Crippen LogP contribution in [0.1, 0.15) is 23.2 Å². The Labute approximate surface area is 243 Å². The van der Waals surface area contributed by atoms with Crippen LogP contribution in [0.2, 0.25) is 5.02 Å². The summed E-state index contributed by atoms with van der Waals surface area (Å²) >= 11 is 5.92. The van der Waals surface area contributed by atoms with Gasteiger partial charge in [0.15, 0.2) is 5.78 Å². The number of Topliss-reactive ketones (excluding diaryl/α,β-unsaturated/α-hetero) is 1. The summed E-state index contributed by atoms with van der Waals surface area (Å²) in [5, 5.41) is 18.6. The number of ketones is 1. The fourth-order valence-corrected chi connectivity index (χ4v) is 3.72. The second-order valence-corrected chi connectivity index (χ2v) is 8.11. The monoisotopic (exact) mass is 501 g/mol. The molecule has 1 N–H and O–H groups in total. The molecular formula is C25H21ClKN3O4. The molecule has 0 saturated carbocycles. The van der Waals surface area contributed by atoms with Crippen LogP contribution in [-0.4, -0.2) is 83.2 Å². The van der Waals surface area contributed by atoms with Gasteiger partial charge >= 0.3 is 57.4 Å². The molecule has 0 aliphatic carbocycles. The number of carbonyl (C=O) groups excluding carboxylic acids is 1. The van der Waals surface area contributed by atoms with Crippen LogP contribution in [0.4, 0.5) is 0 Å². The standard InChI is InChI=1S/C25H20ClN3O4.K.H/c26-20-11-9-17(10-12-20)16-5-7-18(8-6-16)23(30)15-19(25(32)33)13-14-29-24(31)21-3-1-2-4-22(21)27-28-29;;/h1-12,19H,13-15H2,(H,32,33);;. The van der Waals surface area contributed by atoms with E-state index in [-0.39, 0.29) is 82.1 Å². The van der Waals surface area contributed by atoms with Gasteiger partial charge < -0.3 is 5.11 Å². The summed E-state index contributed by atoms with van der Waals surface area (Å²) < 4.78 is 1.14. The fraction of sp³-hybridized carbons (Fsp3) is 0.160. The SMILES string of the molecule is O=C(CC(CCn1nnc2ccccc2c1=O)C(=O)O)c1ccc(-c2ccc(Cl)cc2)cc1.[KH]. The number of carboxylic acids is 1. The van der Waals surface area contributed by atoms with Gasteiger partial charge in [-0.3, -0.25) is 14.4 Å². The predicted octanol–water partition coefficient (Wildman–Crippen LogP) is 3.83. The third-order valence-electron chi connectivity index (χ3n) is 5.48. The molecule has 34 heavy (non-hydrogen) atoms. The number of carboxylic acid groups (broad SMARTS) is 1. The molecule has 0 saturated heterocycles. The molecule has 7 nitrogen and oxygen atoms in total. The van der Waals surface area contributed by atoms with Gasteiger partial charge in [-0.05, 0) is 41.8 Å². The molecule has 1 unspecified atom stereocenters. The third-order valence-corrected chi connectivity index (χ3v) is 5.74. The van der Waals surface area contributed by atoms with E-state index < -0.39 is 11.9 Å². The van der Waals surface area contributed by atoms with Gasteiger partial charge in [-0.2, -0.15) is 0 Å². The molecule has 0 aliphatic rings. The molecule has 0 fully saturated rings. The number of aryl methyl sites for hydroxylation is 1. The van der Waals surface area contributed by atoms with Crippen molar-refractivity contribution in [2.24, 2.45) is 5.92 Å². The summed E-state index contributed by atoms with van der Waals surface area (Å²) in [5.74, 6) is -2.32. The number of hydrogen-bond donors (Lipinski definition) is 1. The summed E-state index contributed by atoms with van der Waals surface area (Å²) in [7, 11) is 0. The Hall–Kier alpha value is -2.20. The Morgan fingerprint density at radius 2 is 1.56 bits per heavy atom. The van der Waals surface area contributed by atoms with Crippen LogP contribution < -0.4 is 5.56 Å². The molecule has 9 heteroatoms. The van der Waals surface area contributed by atoms with Gasteiger partial charge in [0.05, 0.1) is 11.3 Å². The zero-order valence-electron chi connectivity index (χ0n) is 17.5. The minimum atomic E-state index is -1.09. The van der Waals surface area contributed by atoms with Crippen molar-refractivity contribution in [3.8, 4) is 11.1 Å². The van der Waals surface area contributed by atoms with Gasteiger partial charge in [0.2, 0.25) is 0 Å². The quantitative estimate of drug-likeness (QED) is 0.291. The fourth-order valence-electron chi connectivity index (χ4n) is 3.59. The molecule has 1 aromatic heterocycles. The van der Waals surface area contributed by atoms with E-state index in [1.807, 2.05) is 24.3 Å². The van der Waals surface area contributed by atoms with E-state index >= 15 is 0 Å². The third kappa shape index (κ3) is 6.27. The summed E-state index contributed by atoms with van der Waals surface area (Å²) in [6, 6.07) is 21.2. The van der Waals surface area contributed by atoms with Gasteiger partial charge in [0, 0.05) is 23.6 Å². The number of aliphatic carboxylic acids is 1. The van der Waals surface area contributed by atoms with Crippen LogP contribution in [0, 0.1) is 5.92 Å². The first-order valence-corrected chi connectivity index (χ1v) is 10.7. The van der Waals surface area contributed by atoms with Crippen LogP contribution in [0.15, 0.2) is 77.6 Å². The number of fused-ring (bicyclic) bond motifs is 1. The van der Waals surface area contributed by atoms with Crippen molar-refractivity contribution < 1.29 is 14.7 Å². The minimum absolute atomic E-state index is 0. The molecule has 4 aromatic rings. The predicted molar refractivity (Wildman–Crippen MR) is 133 cm³/mol. The molecule has 4 rings (SSSR count). The number of halogens is 1. The van der Waals surface area contributed by atoms with Gasteiger partial charge in [0.1, 0.15) is 5.52 Å². The van der Waals surface area contributed by atoms with Crippen molar-refractivity contribution in [2.75, 3.05) is 0 Å². The Balaban J connectivity index is 0.00000324. The number of aromatic nitrogens is 3. The number of nitrogens with zero attached hydrogens (tertiary/aromatic N) is 3. The maximum absolute atomic E-state index is 12.7. The summed E-state index contributed by atoms with van der Waals surface area (Å²) in [4.78, 5) is 37.1. The molecule has 1 heterocycles. The van der Waals surface area contributed by atoms with Crippen molar-refractivity contribution in [3.63, 3.8) is 0 Å². The number of rotatable bonds is 8. The van der Waals surface area contributed by atoms with Crippen LogP contribution in [0.25, 0.3) is 22.0 Å². The van der Waals surface area contributed by atoms with Crippen LogP contribution in [0.5, 0.6) is 0 Å². The normalized spacial score (nSPS) is 11.6. The summed E-state index contributed by atoms with van der Waals surface area (Å²) in [5.41, 5.74) is 2.46. The Bertz CT molecular complexity index is 1370. The molecule has 1 atom stereocenters. The second kappa shape index (κ2) is 12.0. The molecule has 168 valence electrons. The molecule has 0 bridgehead atoms. The van der Waals surface area contributed by atoms with E-state index in [4.69, 9.17) is 11.6 Å². The van der Waals surface area contributed by atoms with Gasteiger partial charge in [-0.25, -0.2) is 4.68 Å². The Kier molecular flexibility index (Phi) is 9.29. The number of benzene rings is 3. The van der Waals surface area contributed by atoms with E-state index in [1.165, 1.54) is 0 Å². The topological polar surface area (TPSA) is 102 Å². The molecule has 0 aliphatic heterocycles. The Morgan fingerprint density at radius 3 is 2.21 bits per heavy atom. The van der Waals surface area contributed by atoms with E-state index in [0.29, 0.717) is 21.5 Å². The van der Waals surface area contributed by atoms with Crippen molar-refractivity contribution in [3.05, 3.63) is 93.7 Å². The maximum atomic E-state index is 12.7. The first-order valence-electron chi connectivity index (χ1n) is 10.4. The van der Waals surface area contributed by atoms with Crippen LogP contribution in [0.3, 0.4) is 0 Å². The second-order valence-electron chi connectivity index (χ2n) is 7.67. The van der Waals surface area contributed by atoms with Crippen molar-refractivity contribution in [1.29, 1.82) is 0 Å². The number of hydrogen-bond acceptors (Lipinski definition) is 5. The first-order chi connectivity index (χ1) is 15.9. The molecule has 0 radical (unpaired) electrons. The zero-order chi connectivity index (χ0) is 23.4. The van der Waals surface area contributed by atoms with Gasteiger partial charge in [-0.1, -0.05) is 65.3 Å². The van der Waals surface area contributed by atoms with Crippen molar-refractivity contribution in [1.82, 2.24) is 15.0 Å². The van der Waals surface area contributed by atoms with Crippen LogP contribution >= 0.6 is 11.6 Å². The molecule has 0 amide bonds. The molecule has 3 aromatic carbocycles. The van der Waals surface area contributed by atoms with E-state index in [1.54, 1.807) is 48.5 Å². The van der Waals surface area contributed by atoms with Gasteiger partial charge in [-0.15, -0.1) is 5.10 Å². The molecule has 0 spiro atoms. The zero-order valence-corrected chi connectivity index (χ0v) is 18.3.